The molecule has 0 aliphatic carbocycles. The maximum Gasteiger partial charge on any atom is 0.144 e. The zero-order valence-corrected chi connectivity index (χ0v) is 12.9. The molecule has 2 N–H and O–H groups in total. The molecule has 1 fully saturated rings. The number of phenols is 1. The van der Waals surface area contributed by atoms with Crippen molar-refractivity contribution in [2.24, 2.45) is 5.92 Å². The highest BCUT2D eigenvalue weighted by Crippen LogP contribution is 2.34. The lowest BCUT2D eigenvalue weighted by Gasteiger charge is -2.31. The summed E-state index contributed by atoms with van der Waals surface area (Å²) in [6, 6.07) is 5.38. The van der Waals surface area contributed by atoms with Crippen LogP contribution in [0.15, 0.2) is 18.2 Å². The standard InChI is InChI=1S/C17H20N4O/c1-10-5-7-21(8-6-10)17-15-13-9-12(22)3-4-14(13)20-16(15)18-11(2)19-17/h3-4,9-10,22H,5-8H2,1-2H3,(H,18,19,20). The number of rotatable bonds is 1. The molecule has 0 spiro atoms. The number of phenolic OH excluding ortho intramolecular Hbond substituents is 1. The monoisotopic (exact) mass is 296 g/mol. The number of anilines is 1. The van der Waals surface area contributed by atoms with E-state index in [2.05, 4.69) is 21.8 Å². The van der Waals surface area contributed by atoms with E-state index in [4.69, 9.17) is 4.98 Å². The second-order valence-electron chi connectivity index (χ2n) is 6.34. The molecule has 22 heavy (non-hydrogen) atoms. The molecule has 4 rings (SSSR count). The first kappa shape index (κ1) is 13.4. The lowest BCUT2D eigenvalue weighted by atomic mass is 9.99. The van der Waals surface area contributed by atoms with E-state index in [0.29, 0.717) is 0 Å². The van der Waals surface area contributed by atoms with Crippen LogP contribution in [-0.4, -0.2) is 33.1 Å². The Hall–Kier alpha value is -2.30. The number of nitrogens with zero attached hydrogens (tertiary/aromatic N) is 3. The number of hydrogen-bond donors (Lipinski definition) is 2. The molecular weight excluding hydrogens is 276 g/mol. The molecule has 0 saturated carbocycles. The first-order valence-electron chi connectivity index (χ1n) is 7.86. The summed E-state index contributed by atoms with van der Waals surface area (Å²) in [4.78, 5) is 15.0. The second-order valence-corrected chi connectivity index (χ2v) is 6.34. The van der Waals surface area contributed by atoms with Crippen LogP contribution in [0.25, 0.3) is 21.9 Å². The highest BCUT2D eigenvalue weighted by Gasteiger charge is 2.22. The van der Waals surface area contributed by atoms with Crippen molar-refractivity contribution in [3.63, 3.8) is 0 Å². The van der Waals surface area contributed by atoms with Gasteiger partial charge in [0.1, 0.15) is 23.0 Å². The molecule has 114 valence electrons. The minimum Gasteiger partial charge on any atom is -0.508 e. The predicted molar refractivity (Wildman–Crippen MR) is 88.4 cm³/mol. The Morgan fingerprint density at radius 1 is 1.23 bits per heavy atom. The third kappa shape index (κ3) is 2.08. The number of benzene rings is 1. The number of hydrogen-bond acceptors (Lipinski definition) is 4. The fraction of sp³-hybridized carbons (Fsp3) is 0.412. The number of piperidine rings is 1. The van der Waals surface area contributed by atoms with Gasteiger partial charge in [0.15, 0.2) is 0 Å². The Kier molecular flexibility index (Phi) is 2.96. The quantitative estimate of drug-likeness (QED) is 0.722. The van der Waals surface area contributed by atoms with E-state index in [0.717, 1.165) is 52.6 Å². The van der Waals surface area contributed by atoms with Crippen LogP contribution in [0, 0.1) is 12.8 Å². The molecule has 0 unspecified atom stereocenters. The number of fused-ring (bicyclic) bond motifs is 3. The van der Waals surface area contributed by atoms with Crippen LogP contribution in [0.5, 0.6) is 5.75 Å². The third-order valence-electron chi connectivity index (χ3n) is 4.61. The maximum absolute atomic E-state index is 9.83. The van der Waals surface area contributed by atoms with Gasteiger partial charge in [0.05, 0.1) is 5.39 Å². The molecule has 5 heteroatoms. The van der Waals surface area contributed by atoms with Gasteiger partial charge in [-0.2, -0.15) is 0 Å². The van der Waals surface area contributed by atoms with Gasteiger partial charge < -0.3 is 15.0 Å². The molecule has 2 aromatic heterocycles. The Morgan fingerprint density at radius 3 is 2.77 bits per heavy atom. The average Bonchev–Trinajstić information content (AvgIpc) is 2.84. The van der Waals surface area contributed by atoms with Crippen molar-refractivity contribution < 1.29 is 5.11 Å². The van der Waals surface area contributed by atoms with Crippen molar-refractivity contribution >= 4 is 27.8 Å². The fourth-order valence-corrected chi connectivity index (χ4v) is 3.32. The highest BCUT2D eigenvalue weighted by molar-refractivity contribution is 6.11. The summed E-state index contributed by atoms with van der Waals surface area (Å²) in [6.45, 7) is 6.29. The summed E-state index contributed by atoms with van der Waals surface area (Å²) in [5, 5.41) is 11.8. The van der Waals surface area contributed by atoms with Crippen molar-refractivity contribution in [2.45, 2.75) is 26.7 Å². The van der Waals surface area contributed by atoms with Crippen LogP contribution in [0.3, 0.4) is 0 Å². The summed E-state index contributed by atoms with van der Waals surface area (Å²) < 4.78 is 0. The Bertz CT molecular complexity index is 847. The Morgan fingerprint density at radius 2 is 2.00 bits per heavy atom. The van der Waals surface area contributed by atoms with Gasteiger partial charge in [0.25, 0.3) is 0 Å². The van der Waals surface area contributed by atoms with E-state index >= 15 is 0 Å². The molecule has 1 aliphatic rings. The van der Waals surface area contributed by atoms with E-state index in [9.17, 15) is 5.11 Å². The van der Waals surface area contributed by atoms with Crippen molar-refractivity contribution in [3.8, 4) is 5.75 Å². The van der Waals surface area contributed by atoms with E-state index in [1.807, 2.05) is 13.0 Å². The van der Waals surface area contributed by atoms with Crippen LogP contribution in [0.2, 0.25) is 0 Å². The number of aromatic amines is 1. The molecule has 5 nitrogen and oxygen atoms in total. The third-order valence-corrected chi connectivity index (χ3v) is 4.61. The Balaban J connectivity index is 1.96. The lowest BCUT2D eigenvalue weighted by molar-refractivity contribution is 0.437. The van der Waals surface area contributed by atoms with Gasteiger partial charge in [-0.25, -0.2) is 9.97 Å². The zero-order chi connectivity index (χ0) is 15.3. The molecular formula is C17H20N4O. The molecule has 1 aromatic carbocycles. The van der Waals surface area contributed by atoms with Gasteiger partial charge in [0.2, 0.25) is 0 Å². The van der Waals surface area contributed by atoms with Gasteiger partial charge in [-0.15, -0.1) is 0 Å². The molecule has 3 aromatic rings. The maximum atomic E-state index is 9.83. The summed E-state index contributed by atoms with van der Waals surface area (Å²) in [6.07, 6.45) is 2.39. The highest BCUT2D eigenvalue weighted by atomic mass is 16.3. The molecule has 0 radical (unpaired) electrons. The molecule has 1 saturated heterocycles. The van der Waals surface area contributed by atoms with Crippen LogP contribution >= 0.6 is 0 Å². The van der Waals surface area contributed by atoms with Gasteiger partial charge >= 0.3 is 0 Å². The zero-order valence-electron chi connectivity index (χ0n) is 12.9. The lowest BCUT2D eigenvalue weighted by Crippen LogP contribution is -2.33. The Labute approximate surface area is 129 Å². The molecule has 3 heterocycles. The van der Waals surface area contributed by atoms with E-state index in [1.54, 1.807) is 12.1 Å². The summed E-state index contributed by atoms with van der Waals surface area (Å²) in [7, 11) is 0. The molecule has 0 atom stereocenters. The second kappa shape index (κ2) is 4.87. The van der Waals surface area contributed by atoms with Gasteiger partial charge in [-0.3, -0.25) is 0 Å². The van der Waals surface area contributed by atoms with Crippen molar-refractivity contribution in [1.29, 1.82) is 0 Å². The van der Waals surface area contributed by atoms with Crippen LogP contribution in [0.1, 0.15) is 25.6 Å². The molecule has 1 aliphatic heterocycles. The van der Waals surface area contributed by atoms with Crippen LogP contribution in [0.4, 0.5) is 5.82 Å². The van der Waals surface area contributed by atoms with Gasteiger partial charge in [0, 0.05) is 24.0 Å². The SMILES string of the molecule is Cc1nc(N2CCC(C)CC2)c2c(n1)[nH]c1ccc(O)cc12. The number of H-pyrrole nitrogens is 1. The topological polar surface area (TPSA) is 65.0 Å². The summed E-state index contributed by atoms with van der Waals surface area (Å²) >= 11 is 0. The number of aromatic nitrogens is 3. The summed E-state index contributed by atoms with van der Waals surface area (Å²) in [5.74, 6) is 2.82. The average molecular weight is 296 g/mol. The van der Waals surface area contributed by atoms with Gasteiger partial charge in [-0.1, -0.05) is 6.92 Å². The largest absolute Gasteiger partial charge is 0.508 e. The number of aryl methyl sites for hydroxylation is 1. The minimum atomic E-state index is 0.271. The first-order chi connectivity index (χ1) is 10.6. The molecule has 0 amide bonds. The van der Waals surface area contributed by atoms with Crippen LogP contribution in [-0.2, 0) is 0 Å². The minimum absolute atomic E-state index is 0.271. The van der Waals surface area contributed by atoms with Gasteiger partial charge in [-0.05, 0) is 43.9 Å². The molecule has 0 bridgehead atoms. The van der Waals surface area contributed by atoms with E-state index < -0.39 is 0 Å². The number of aromatic hydroxyl groups is 1. The smallest absolute Gasteiger partial charge is 0.144 e. The van der Waals surface area contributed by atoms with Crippen LogP contribution < -0.4 is 4.90 Å². The van der Waals surface area contributed by atoms with Crippen molar-refractivity contribution in [1.82, 2.24) is 15.0 Å². The number of nitrogens with one attached hydrogen (secondary N) is 1. The normalized spacial score (nSPS) is 16.7. The van der Waals surface area contributed by atoms with E-state index in [-0.39, 0.29) is 5.75 Å². The first-order valence-corrected chi connectivity index (χ1v) is 7.86. The van der Waals surface area contributed by atoms with Crippen molar-refractivity contribution in [3.05, 3.63) is 24.0 Å². The predicted octanol–water partition coefficient (Wildman–Crippen LogP) is 3.36. The van der Waals surface area contributed by atoms with Crippen molar-refractivity contribution in [2.75, 3.05) is 18.0 Å². The van der Waals surface area contributed by atoms with E-state index in [1.165, 1.54) is 12.8 Å². The summed E-state index contributed by atoms with van der Waals surface area (Å²) in [5.41, 5.74) is 1.83. The fourth-order valence-electron chi connectivity index (χ4n) is 3.32.